The van der Waals surface area contributed by atoms with Gasteiger partial charge in [0.25, 0.3) is 0 Å². The van der Waals surface area contributed by atoms with Crippen LogP contribution in [0.1, 0.15) is 62.3 Å². The Bertz CT molecular complexity index is 551. The van der Waals surface area contributed by atoms with E-state index in [0.29, 0.717) is 6.61 Å². The van der Waals surface area contributed by atoms with E-state index in [4.69, 9.17) is 27.2 Å². The predicted octanol–water partition coefficient (Wildman–Crippen LogP) is 4.25. The molecule has 0 unspecified atom stereocenters. The highest BCUT2D eigenvalue weighted by Crippen LogP contribution is 2.47. The molecule has 0 saturated carbocycles. The fourth-order valence-corrected chi connectivity index (χ4v) is 15.8. The first-order valence-electron chi connectivity index (χ1n) is 10.8. The van der Waals surface area contributed by atoms with Crippen molar-refractivity contribution >= 4 is 23.1 Å². The lowest BCUT2D eigenvalue weighted by Gasteiger charge is -2.51. The molecule has 0 aromatic rings. The van der Waals surface area contributed by atoms with Gasteiger partial charge in [0.2, 0.25) is 0 Å². The monoisotopic (exact) mass is 448 g/mol. The summed E-state index contributed by atoms with van der Waals surface area (Å²) in [6.45, 7) is 19.1. The van der Waals surface area contributed by atoms with Crippen molar-refractivity contribution < 1.29 is 32.0 Å². The summed E-state index contributed by atoms with van der Waals surface area (Å²) in [5.41, 5.74) is 0.898. The van der Waals surface area contributed by atoms with E-state index in [2.05, 4.69) is 55.4 Å². The van der Waals surface area contributed by atoms with Crippen molar-refractivity contribution in [3.63, 3.8) is 0 Å². The van der Waals surface area contributed by atoms with Crippen LogP contribution in [0.2, 0.25) is 22.2 Å². The summed E-state index contributed by atoms with van der Waals surface area (Å²) < 4.78 is 37.9. The molecule has 7 nitrogen and oxygen atoms in total. The van der Waals surface area contributed by atoms with Gasteiger partial charge in [0.15, 0.2) is 12.4 Å². The normalized spacial score (nSPS) is 31.8. The summed E-state index contributed by atoms with van der Waals surface area (Å²) >= 11 is 0. The lowest BCUT2D eigenvalue weighted by Crippen LogP contribution is -2.66. The zero-order valence-electron chi connectivity index (χ0n) is 19.7. The molecular weight excluding hydrogens is 408 g/mol. The SMILES string of the molecule is CO[C@@H]1O[C@@H]2CO[Si](C(C)C)(C(C)C)O[Si](C(C)C)(C(C)C)O[C@H]2[C@@H]1OC(C)=O. The topological polar surface area (TPSA) is 72.5 Å². The van der Waals surface area contributed by atoms with Gasteiger partial charge in [0.05, 0.1) is 6.61 Å². The average molecular weight is 449 g/mol. The number of ether oxygens (including phenoxy) is 3. The summed E-state index contributed by atoms with van der Waals surface area (Å²) in [6.07, 6.45) is -2.18. The molecule has 170 valence electrons. The maximum Gasteiger partial charge on any atom is 0.335 e. The van der Waals surface area contributed by atoms with Gasteiger partial charge >= 0.3 is 23.1 Å². The number of carbonyl (C=O) groups excluding carboxylic acids is 1. The van der Waals surface area contributed by atoms with Gasteiger partial charge in [-0.05, 0) is 22.2 Å². The van der Waals surface area contributed by atoms with Gasteiger partial charge in [0.1, 0.15) is 12.2 Å². The highest BCUT2D eigenvalue weighted by atomic mass is 28.5. The van der Waals surface area contributed by atoms with Crippen LogP contribution in [0.3, 0.4) is 0 Å². The van der Waals surface area contributed by atoms with Crippen molar-refractivity contribution in [3.05, 3.63) is 0 Å². The van der Waals surface area contributed by atoms with Crippen molar-refractivity contribution in [1.29, 1.82) is 0 Å². The molecule has 0 aromatic heterocycles. The van der Waals surface area contributed by atoms with Gasteiger partial charge in [-0.3, -0.25) is 4.79 Å². The van der Waals surface area contributed by atoms with E-state index in [9.17, 15) is 4.79 Å². The van der Waals surface area contributed by atoms with E-state index >= 15 is 0 Å². The third-order valence-corrected chi connectivity index (χ3v) is 16.4. The van der Waals surface area contributed by atoms with Crippen molar-refractivity contribution in [2.75, 3.05) is 13.7 Å². The van der Waals surface area contributed by atoms with Gasteiger partial charge in [-0.1, -0.05) is 55.4 Å². The molecule has 2 rings (SSSR count). The quantitative estimate of drug-likeness (QED) is 0.444. The van der Waals surface area contributed by atoms with Gasteiger partial charge < -0.3 is 27.2 Å². The first-order valence-corrected chi connectivity index (χ1v) is 14.7. The van der Waals surface area contributed by atoms with Crippen molar-refractivity contribution in [2.24, 2.45) is 0 Å². The second-order valence-electron chi connectivity index (χ2n) is 9.41. The van der Waals surface area contributed by atoms with Gasteiger partial charge in [-0.2, -0.15) is 0 Å². The second-order valence-corrected chi connectivity index (χ2v) is 18.3. The van der Waals surface area contributed by atoms with Crippen molar-refractivity contribution in [1.82, 2.24) is 0 Å². The fourth-order valence-electron chi connectivity index (χ4n) is 4.61. The first-order chi connectivity index (χ1) is 13.4. The van der Waals surface area contributed by atoms with E-state index in [1.54, 1.807) is 7.11 Å². The smallest absolute Gasteiger partial charge is 0.335 e. The molecule has 0 spiro atoms. The molecule has 29 heavy (non-hydrogen) atoms. The molecule has 2 fully saturated rings. The standard InChI is InChI=1S/C20H40O7Si2/c1-12(2)28(13(3)4)23-11-17-18(19(24-16(9)21)20(22-10)25-17)26-29(27-28,14(5)6)15(7)8/h12-15,17-20H,11H2,1-10H3/t17-,18-,19+,20-/m1/s1. The summed E-state index contributed by atoms with van der Waals surface area (Å²) in [5, 5.41) is 0. The van der Waals surface area contributed by atoms with Crippen LogP contribution in [0.4, 0.5) is 0 Å². The van der Waals surface area contributed by atoms with Crippen LogP contribution in [0.15, 0.2) is 0 Å². The minimum atomic E-state index is -2.79. The number of rotatable bonds is 6. The third-order valence-electron chi connectivity index (χ3n) is 6.13. The van der Waals surface area contributed by atoms with Gasteiger partial charge in [0, 0.05) is 14.0 Å². The molecule has 2 heterocycles. The number of methoxy groups -OCH3 is 1. The molecule has 2 aliphatic heterocycles. The lowest BCUT2D eigenvalue weighted by molar-refractivity contribution is -0.178. The Kier molecular flexibility index (Phi) is 8.14. The van der Waals surface area contributed by atoms with Crippen LogP contribution in [0.5, 0.6) is 0 Å². The Balaban J connectivity index is 2.56. The molecule has 0 aliphatic carbocycles. The molecule has 0 aromatic carbocycles. The minimum Gasteiger partial charge on any atom is -0.454 e. The molecule has 9 heteroatoms. The molecule has 0 amide bonds. The Morgan fingerprint density at radius 2 is 1.45 bits per heavy atom. The summed E-state index contributed by atoms with van der Waals surface area (Å²) in [5.74, 6) is -0.386. The van der Waals surface area contributed by atoms with Crippen LogP contribution in [-0.2, 0) is 32.0 Å². The Morgan fingerprint density at radius 3 is 1.86 bits per heavy atom. The summed E-state index contributed by atoms with van der Waals surface area (Å²) in [4.78, 5) is 11.8. The van der Waals surface area contributed by atoms with E-state index in [1.807, 2.05) is 0 Å². The Labute approximate surface area is 178 Å². The second kappa shape index (κ2) is 9.46. The number of esters is 1. The summed E-state index contributed by atoms with van der Waals surface area (Å²) in [6, 6.07) is 0. The zero-order valence-corrected chi connectivity index (χ0v) is 21.7. The fraction of sp³-hybridized carbons (Fsp3) is 0.950. The van der Waals surface area contributed by atoms with E-state index < -0.39 is 35.6 Å². The maximum atomic E-state index is 11.8. The number of hydrogen-bond acceptors (Lipinski definition) is 7. The minimum absolute atomic E-state index is 0.189. The Morgan fingerprint density at radius 1 is 0.931 bits per heavy atom. The van der Waals surface area contributed by atoms with Gasteiger partial charge in [-0.25, -0.2) is 0 Å². The largest absolute Gasteiger partial charge is 0.454 e. The summed E-state index contributed by atoms with van der Waals surface area (Å²) in [7, 11) is -3.86. The number of fused-ring (bicyclic) bond motifs is 1. The predicted molar refractivity (Wildman–Crippen MR) is 115 cm³/mol. The first kappa shape index (κ1) is 25.0. The van der Waals surface area contributed by atoms with E-state index in [0.717, 1.165) is 0 Å². The van der Waals surface area contributed by atoms with Crippen LogP contribution in [0.25, 0.3) is 0 Å². The zero-order chi connectivity index (χ0) is 22.1. The average Bonchev–Trinajstić information content (AvgIpc) is 2.89. The molecule has 0 radical (unpaired) electrons. The number of hydrogen-bond donors (Lipinski definition) is 0. The lowest BCUT2D eigenvalue weighted by atomic mass is 10.1. The molecule has 2 saturated heterocycles. The van der Waals surface area contributed by atoms with Crippen molar-refractivity contribution in [3.8, 4) is 0 Å². The maximum absolute atomic E-state index is 11.8. The molecule has 2 aliphatic rings. The molecule has 4 atom stereocenters. The Hall–Kier alpha value is -0.296. The van der Waals surface area contributed by atoms with Crippen LogP contribution in [0, 0.1) is 0 Å². The molecule has 0 bridgehead atoms. The highest BCUT2D eigenvalue weighted by molar-refractivity contribution is 6.83. The van der Waals surface area contributed by atoms with Crippen LogP contribution in [-0.4, -0.2) is 61.4 Å². The molecular formula is C20H40O7Si2. The number of carbonyl (C=O) groups is 1. The van der Waals surface area contributed by atoms with Crippen molar-refractivity contribution in [2.45, 2.75) is 109 Å². The van der Waals surface area contributed by atoms with Gasteiger partial charge in [-0.15, -0.1) is 0 Å². The van der Waals surface area contributed by atoms with E-state index in [1.165, 1.54) is 6.92 Å². The molecule has 0 N–H and O–H groups in total. The van der Waals surface area contributed by atoms with Crippen LogP contribution < -0.4 is 0 Å². The third kappa shape index (κ3) is 4.66. The van der Waals surface area contributed by atoms with Crippen LogP contribution >= 0.6 is 0 Å². The van der Waals surface area contributed by atoms with E-state index in [-0.39, 0.29) is 34.2 Å². The highest BCUT2D eigenvalue weighted by Gasteiger charge is 2.62.